The highest BCUT2D eigenvalue weighted by atomic mass is 32.2. The highest BCUT2D eigenvalue weighted by Gasteiger charge is 2.11. The number of aliphatic carboxylic acids is 1. The molecule has 0 aliphatic rings. The summed E-state index contributed by atoms with van der Waals surface area (Å²) in [5, 5.41) is 8.52. The Labute approximate surface area is 123 Å². The molecule has 0 atom stereocenters. The zero-order chi connectivity index (χ0) is 15.2. The average molecular weight is 317 g/mol. The van der Waals surface area contributed by atoms with Gasteiger partial charge in [-0.25, -0.2) is 17.9 Å². The molecule has 0 amide bonds. The summed E-state index contributed by atoms with van der Waals surface area (Å²) in [4.78, 5) is 12.0. The summed E-state index contributed by atoms with van der Waals surface area (Å²) >= 11 is 1.36. The van der Waals surface area contributed by atoms with Crippen LogP contribution >= 0.6 is 11.3 Å². The minimum atomic E-state index is -3.25. The van der Waals surface area contributed by atoms with Crippen molar-refractivity contribution in [3.8, 4) is 0 Å². The van der Waals surface area contributed by atoms with E-state index in [0.717, 1.165) is 15.8 Å². The molecule has 112 valence electrons. The van der Waals surface area contributed by atoms with Crippen LogP contribution in [-0.2, 0) is 21.4 Å². The molecule has 0 saturated heterocycles. The third-order valence-electron chi connectivity index (χ3n) is 2.50. The van der Waals surface area contributed by atoms with Crippen molar-refractivity contribution in [2.75, 3.05) is 5.75 Å². The predicted octanol–water partition coefficient (Wildman–Crippen LogP) is 2.31. The van der Waals surface area contributed by atoms with E-state index in [0.29, 0.717) is 12.3 Å². The molecule has 1 heterocycles. The number of nitrogens with one attached hydrogen (secondary N) is 1. The number of thiophene rings is 1. The van der Waals surface area contributed by atoms with Gasteiger partial charge in [0.15, 0.2) is 0 Å². The Bertz CT molecular complexity index is 573. The topological polar surface area (TPSA) is 83.5 Å². The number of carboxylic acid groups (broad SMARTS) is 1. The van der Waals surface area contributed by atoms with Crippen LogP contribution in [-0.4, -0.2) is 25.2 Å². The Morgan fingerprint density at radius 2 is 2.15 bits per heavy atom. The lowest BCUT2D eigenvalue weighted by Crippen LogP contribution is -2.26. The molecule has 0 aliphatic heterocycles. The Morgan fingerprint density at radius 1 is 1.45 bits per heavy atom. The maximum atomic E-state index is 11.7. The van der Waals surface area contributed by atoms with Gasteiger partial charge < -0.3 is 5.11 Å². The SMILES string of the molecule is CC(C)CCS(=O)(=O)NCc1ccc(C=CC(=O)O)s1. The van der Waals surface area contributed by atoms with Gasteiger partial charge in [0.05, 0.1) is 5.75 Å². The fourth-order valence-electron chi connectivity index (χ4n) is 1.38. The quantitative estimate of drug-likeness (QED) is 0.721. The van der Waals surface area contributed by atoms with Crippen LogP contribution < -0.4 is 4.72 Å². The summed E-state index contributed by atoms with van der Waals surface area (Å²) in [6, 6.07) is 3.55. The first-order valence-corrected chi connectivity index (χ1v) is 8.72. The van der Waals surface area contributed by atoms with Gasteiger partial charge in [-0.2, -0.15) is 0 Å². The molecule has 2 N–H and O–H groups in total. The van der Waals surface area contributed by atoms with E-state index in [1.807, 2.05) is 13.8 Å². The van der Waals surface area contributed by atoms with Gasteiger partial charge in [0.2, 0.25) is 10.0 Å². The zero-order valence-corrected chi connectivity index (χ0v) is 13.1. The molecule has 0 aliphatic carbocycles. The van der Waals surface area contributed by atoms with Crippen molar-refractivity contribution in [2.45, 2.75) is 26.8 Å². The molecule has 0 saturated carbocycles. The summed E-state index contributed by atoms with van der Waals surface area (Å²) in [6.07, 6.45) is 3.18. The Hall–Kier alpha value is -1.18. The molecule has 0 unspecified atom stereocenters. The lowest BCUT2D eigenvalue weighted by molar-refractivity contribution is -0.131. The van der Waals surface area contributed by atoms with Crippen LogP contribution in [0.3, 0.4) is 0 Å². The number of hydrogen-bond acceptors (Lipinski definition) is 4. The van der Waals surface area contributed by atoms with E-state index in [9.17, 15) is 13.2 Å². The van der Waals surface area contributed by atoms with Gasteiger partial charge in [0.1, 0.15) is 0 Å². The fourth-order valence-corrected chi connectivity index (χ4v) is 3.62. The molecule has 1 rings (SSSR count). The normalized spacial score (nSPS) is 12.3. The monoisotopic (exact) mass is 317 g/mol. The molecule has 1 aromatic heterocycles. The van der Waals surface area contributed by atoms with Crippen molar-refractivity contribution >= 4 is 33.4 Å². The summed E-state index contributed by atoms with van der Waals surface area (Å²) < 4.78 is 26.0. The summed E-state index contributed by atoms with van der Waals surface area (Å²) in [7, 11) is -3.25. The largest absolute Gasteiger partial charge is 0.478 e. The van der Waals surface area contributed by atoms with Crippen LogP contribution in [0, 0.1) is 5.92 Å². The maximum absolute atomic E-state index is 11.7. The van der Waals surface area contributed by atoms with Gasteiger partial charge in [-0.3, -0.25) is 0 Å². The molecule has 0 spiro atoms. The number of rotatable bonds is 8. The van der Waals surface area contributed by atoms with E-state index >= 15 is 0 Å². The van der Waals surface area contributed by atoms with Crippen LogP contribution in [0.1, 0.15) is 30.0 Å². The van der Waals surface area contributed by atoms with E-state index in [4.69, 9.17) is 5.11 Å². The van der Waals surface area contributed by atoms with Crippen molar-refractivity contribution in [3.63, 3.8) is 0 Å². The first-order chi connectivity index (χ1) is 9.28. The molecule has 5 nitrogen and oxygen atoms in total. The number of hydrogen-bond donors (Lipinski definition) is 2. The summed E-state index contributed by atoms with van der Waals surface area (Å²) in [5.41, 5.74) is 0. The van der Waals surface area contributed by atoms with Gasteiger partial charge in [-0.15, -0.1) is 11.3 Å². The van der Waals surface area contributed by atoms with Crippen LogP contribution in [0.15, 0.2) is 18.2 Å². The van der Waals surface area contributed by atoms with Crippen molar-refractivity contribution < 1.29 is 18.3 Å². The lowest BCUT2D eigenvalue weighted by atomic mass is 10.2. The minimum Gasteiger partial charge on any atom is -0.478 e. The summed E-state index contributed by atoms with van der Waals surface area (Å²) in [5.74, 6) is -0.530. The number of carbonyl (C=O) groups is 1. The Kier molecular flexibility index (Phi) is 6.38. The van der Waals surface area contributed by atoms with E-state index in [2.05, 4.69) is 4.72 Å². The molecule has 0 aromatic carbocycles. The van der Waals surface area contributed by atoms with E-state index < -0.39 is 16.0 Å². The third-order valence-corrected chi connectivity index (χ3v) is 4.91. The van der Waals surface area contributed by atoms with Crippen molar-refractivity contribution in [1.82, 2.24) is 4.72 Å². The van der Waals surface area contributed by atoms with Crippen molar-refractivity contribution in [3.05, 3.63) is 28.0 Å². The molecular formula is C13H19NO4S2. The van der Waals surface area contributed by atoms with E-state index in [1.165, 1.54) is 17.4 Å². The van der Waals surface area contributed by atoms with E-state index in [1.54, 1.807) is 12.1 Å². The molecule has 0 radical (unpaired) electrons. The Balaban J connectivity index is 2.51. The van der Waals surface area contributed by atoms with Crippen molar-refractivity contribution in [1.29, 1.82) is 0 Å². The van der Waals surface area contributed by atoms with Crippen LogP contribution in [0.4, 0.5) is 0 Å². The van der Waals surface area contributed by atoms with Gasteiger partial charge in [0.25, 0.3) is 0 Å². The molecular weight excluding hydrogens is 298 g/mol. The molecule has 7 heteroatoms. The maximum Gasteiger partial charge on any atom is 0.328 e. The second-order valence-electron chi connectivity index (χ2n) is 4.80. The molecule has 0 bridgehead atoms. The average Bonchev–Trinajstić information content (AvgIpc) is 2.80. The van der Waals surface area contributed by atoms with Crippen LogP contribution in [0.2, 0.25) is 0 Å². The molecule has 1 aromatic rings. The smallest absolute Gasteiger partial charge is 0.328 e. The lowest BCUT2D eigenvalue weighted by Gasteiger charge is -2.07. The highest BCUT2D eigenvalue weighted by Crippen LogP contribution is 2.18. The third kappa shape index (κ3) is 6.83. The first-order valence-electron chi connectivity index (χ1n) is 6.25. The van der Waals surface area contributed by atoms with Gasteiger partial charge in [0, 0.05) is 22.4 Å². The standard InChI is InChI=1S/C13H19NO4S2/c1-10(2)7-8-20(17,18)14-9-12-4-3-11(19-12)5-6-13(15)16/h3-6,10,14H,7-9H2,1-2H3,(H,15,16). The fraction of sp³-hybridized carbons (Fsp3) is 0.462. The van der Waals surface area contributed by atoms with Crippen LogP contribution in [0.25, 0.3) is 6.08 Å². The van der Waals surface area contributed by atoms with Crippen molar-refractivity contribution in [2.24, 2.45) is 5.92 Å². The number of carboxylic acids is 1. The highest BCUT2D eigenvalue weighted by molar-refractivity contribution is 7.89. The second-order valence-corrected chi connectivity index (χ2v) is 7.92. The number of sulfonamides is 1. The van der Waals surface area contributed by atoms with E-state index in [-0.39, 0.29) is 12.3 Å². The van der Waals surface area contributed by atoms with Gasteiger partial charge >= 0.3 is 5.97 Å². The van der Waals surface area contributed by atoms with Gasteiger partial charge in [-0.1, -0.05) is 13.8 Å². The van der Waals surface area contributed by atoms with Crippen LogP contribution in [0.5, 0.6) is 0 Å². The molecule has 0 fully saturated rings. The summed E-state index contributed by atoms with van der Waals surface area (Å²) in [6.45, 7) is 4.21. The predicted molar refractivity (Wildman–Crippen MR) is 81.1 cm³/mol. The van der Waals surface area contributed by atoms with Gasteiger partial charge in [-0.05, 0) is 30.5 Å². The Morgan fingerprint density at radius 3 is 2.75 bits per heavy atom. The first kappa shape index (κ1) is 16.9. The second kappa shape index (κ2) is 7.56. The minimum absolute atomic E-state index is 0.127. The molecule has 20 heavy (non-hydrogen) atoms. The zero-order valence-electron chi connectivity index (χ0n) is 11.5.